The molecule has 9 heteroatoms. The molecule has 0 unspecified atom stereocenters. The molecule has 0 saturated heterocycles. The Morgan fingerprint density at radius 1 is 1.06 bits per heavy atom. The van der Waals surface area contributed by atoms with Crippen molar-refractivity contribution < 1.29 is 9.53 Å². The maximum absolute atomic E-state index is 12.6. The third-order valence-corrected chi connectivity index (χ3v) is 5.02. The summed E-state index contributed by atoms with van der Waals surface area (Å²) in [5.41, 5.74) is 3.07. The minimum atomic E-state index is -0.350. The van der Waals surface area contributed by atoms with Crippen molar-refractivity contribution in [2.75, 3.05) is 11.9 Å². The predicted molar refractivity (Wildman–Crippen MR) is 130 cm³/mol. The zero-order chi connectivity index (χ0) is 22.5. The molecule has 0 bridgehead atoms. The van der Waals surface area contributed by atoms with Gasteiger partial charge in [-0.05, 0) is 61.1 Å². The Labute approximate surface area is 195 Å². The topological polar surface area (TPSA) is 81.1 Å². The van der Waals surface area contributed by atoms with Crippen molar-refractivity contribution in [2.45, 2.75) is 13.3 Å². The van der Waals surface area contributed by atoms with Gasteiger partial charge in [-0.25, -0.2) is 0 Å². The summed E-state index contributed by atoms with van der Waals surface area (Å²) in [7, 11) is 0. The highest BCUT2D eigenvalue weighted by atomic mass is 35.5. The van der Waals surface area contributed by atoms with E-state index in [0.717, 1.165) is 12.1 Å². The summed E-state index contributed by atoms with van der Waals surface area (Å²) in [6.07, 6.45) is 0.884. The van der Waals surface area contributed by atoms with E-state index in [-0.39, 0.29) is 11.0 Å². The lowest BCUT2D eigenvalue weighted by Crippen LogP contribution is -2.34. The third-order valence-electron chi connectivity index (χ3n) is 4.50. The number of carbonyl (C=O) groups excluding carboxylic acids is 1. The van der Waals surface area contributed by atoms with E-state index in [2.05, 4.69) is 20.8 Å². The van der Waals surface area contributed by atoms with Crippen LogP contribution in [0.1, 0.15) is 23.7 Å². The smallest absolute Gasteiger partial charge is 0.257 e. The van der Waals surface area contributed by atoms with E-state index in [1.807, 2.05) is 37.3 Å². The van der Waals surface area contributed by atoms with Gasteiger partial charge >= 0.3 is 0 Å². The molecule has 1 aromatic heterocycles. The maximum atomic E-state index is 12.6. The zero-order valence-corrected chi connectivity index (χ0v) is 18.8. The van der Waals surface area contributed by atoms with Crippen LogP contribution in [0.5, 0.6) is 5.75 Å². The first-order valence-electron chi connectivity index (χ1n) is 10.0. The Hall–Kier alpha value is -3.49. The number of halogens is 1. The van der Waals surface area contributed by atoms with Gasteiger partial charge in [0.2, 0.25) is 0 Å². The molecule has 0 aliphatic rings. The molecule has 162 valence electrons. The van der Waals surface area contributed by atoms with Crippen molar-refractivity contribution >= 4 is 51.6 Å². The molecule has 32 heavy (non-hydrogen) atoms. The van der Waals surface area contributed by atoms with Crippen LogP contribution in [0.4, 0.5) is 5.69 Å². The summed E-state index contributed by atoms with van der Waals surface area (Å²) >= 11 is 11.7. The molecule has 4 rings (SSSR count). The molecule has 0 spiro atoms. The van der Waals surface area contributed by atoms with Crippen LogP contribution in [0.3, 0.4) is 0 Å². The van der Waals surface area contributed by atoms with E-state index in [4.69, 9.17) is 28.6 Å². The Kier molecular flexibility index (Phi) is 6.63. The highest BCUT2D eigenvalue weighted by Crippen LogP contribution is 2.27. The lowest BCUT2D eigenvalue weighted by molar-refractivity contribution is 0.0977. The molecule has 1 heterocycles. The number of rotatable bonds is 6. The van der Waals surface area contributed by atoms with Crippen molar-refractivity contribution in [3.63, 3.8) is 0 Å². The van der Waals surface area contributed by atoms with Crippen molar-refractivity contribution in [1.82, 2.24) is 20.3 Å². The number of hydrogen-bond acceptors (Lipinski definition) is 5. The van der Waals surface area contributed by atoms with Gasteiger partial charge in [0.25, 0.3) is 5.91 Å². The molecule has 1 amide bonds. The van der Waals surface area contributed by atoms with E-state index in [1.165, 1.54) is 0 Å². The van der Waals surface area contributed by atoms with Crippen molar-refractivity contribution in [3.8, 4) is 11.4 Å². The average molecular weight is 466 g/mol. The largest absolute Gasteiger partial charge is 0.494 e. The fourth-order valence-corrected chi connectivity index (χ4v) is 3.39. The standard InChI is InChI=1S/C23H20ClN5O2S/c1-2-11-31-17-10-6-7-15(12-17)22(30)26-23(32)25-19-14-21-20(13-18(19)24)27-29(28-21)16-8-4-3-5-9-16/h3-10,12-14H,2,11H2,1H3,(H2,25,26,30,32). The number of aromatic nitrogens is 3. The summed E-state index contributed by atoms with van der Waals surface area (Å²) in [5, 5.41) is 15.1. The van der Waals surface area contributed by atoms with Gasteiger partial charge in [-0.15, -0.1) is 10.2 Å². The Bertz CT molecular complexity index is 1280. The van der Waals surface area contributed by atoms with Crippen LogP contribution in [0, 0.1) is 0 Å². The van der Waals surface area contributed by atoms with E-state index in [1.54, 1.807) is 41.2 Å². The van der Waals surface area contributed by atoms with Gasteiger partial charge in [0.05, 0.1) is 23.0 Å². The van der Waals surface area contributed by atoms with Gasteiger partial charge in [-0.2, -0.15) is 4.80 Å². The highest BCUT2D eigenvalue weighted by Gasteiger charge is 2.13. The second-order valence-corrected chi connectivity index (χ2v) is 7.75. The van der Waals surface area contributed by atoms with E-state index in [0.29, 0.717) is 39.7 Å². The lowest BCUT2D eigenvalue weighted by Gasteiger charge is -2.11. The number of ether oxygens (including phenoxy) is 1. The van der Waals surface area contributed by atoms with Gasteiger partial charge < -0.3 is 10.1 Å². The van der Waals surface area contributed by atoms with Crippen molar-refractivity contribution in [3.05, 3.63) is 77.3 Å². The second kappa shape index (κ2) is 9.76. The minimum absolute atomic E-state index is 0.117. The minimum Gasteiger partial charge on any atom is -0.494 e. The number of benzene rings is 3. The lowest BCUT2D eigenvalue weighted by atomic mass is 10.2. The fraction of sp³-hybridized carbons (Fsp3) is 0.130. The summed E-state index contributed by atoms with van der Waals surface area (Å²) in [5.74, 6) is 0.282. The molecule has 0 radical (unpaired) electrons. The second-order valence-electron chi connectivity index (χ2n) is 6.93. The quantitative estimate of drug-likeness (QED) is 0.390. The van der Waals surface area contributed by atoms with E-state index in [9.17, 15) is 4.79 Å². The fourth-order valence-electron chi connectivity index (χ4n) is 2.99. The first-order chi connectivity index (χ1) is 15.5. The number of thiocarbonyl (C=S) groups is 1. The number of para-hydroxylation sites is 1. The number of fused-ring (bicyclic) bond motifs is 1. The number of carbonyl (C=O) groups is 1. The molecule has 0 saturated carbocycles. The Morgan fingerprint density at radius 3 is 2.56 bits per heavy atom. The van der Waals surface area contributed by atoms with Crippen LogP contribution in [0.2, 0.25) is 5.02 Å². The van der Waals surface area contributed by atoms with Gasteiger partial charge in [0.15, 0.2) is 5.11 Å². The molecular formula is C23H20ClN5O2S. The molecule has 4 aromatic rings. The SMILES string of the molecule is CCCOc1cccc(C(=O)NC(=S)Nc2cc3nn(-c4ccccc4)nc3cc2Cl)c1. The number of amides is 1. The Morgan fingerprint density at radius 2 is 1.81 bits per heavy atom. The van der Waals surface area contributed by atoms with E-state index < -0.39 is 0 Å². The average Bonchev–Trinajstić information content (AvgIpc) is 3.21. The van der Waals surface area contributed by atoms with Crippen LogP contribution >= 0.6 is 23.8 Å². The first-order valence-corrected chi connectivity index (χ1v) is 10.8. The molecular weight excluding hydrogens is 446 g/mol. The van der Waals surface area contributed by atoms with Crippen LogP contribution < -0.4 is 15.4 Å². The van der Waals surface area contributed by atoms with Gasteiger partial charge in [0, 0.05) is 5.56 Å². The van der Waals surface area contributed by atoms with Gasteiger partial charge in [-0.1, -0.05) is 42.8 Å². The zero-order valence-electron chi connectivity index (χ0n) is 17.2. The maximum Gasteiger partial charge on any atom is 0.257 e. The highest BCUT2D eigenvalue weighted by molar-refractivity contribution is 7.80. The van der Waals surface area contributed by atoms with Crippen LogP contribution in [-0.2, 0) is 0 Å². The van der Waals surface area contributed by atoms with Crippen LogP contribution in [0.15, 0.2) is 66.7 Å². The third kappa shape index (κ3) is 5.04. The van der Waals surface area contributed by atoms with Gasteiger partial charge in [0.1, 0.15) is 16.8 Å². The summed E-state index contributed by atoms with van der Waals surface area (Å²) in [4.78, 5) is 14.1. The summed E-state index contributed by atoms with van der Waals surface area (Å²) in [6, 6.07) is 19.9. The van der Waals surface area contributed by atoms with Crippen molar-refractivity contribution in [2.24, 2.45) is 0 Å². The molecule has 0 atom stereocenters. The first kappa shape index (κ1) is 21.7. The molecule has 3 aromatic carbocycles. The number of nitrogens with zero attached hydrogens (tertiary/aromatic N) is 3. The predicted octanol–water partition coefficient (Wildman–Crippen LogP) is 4.99. The molecule has 0 fully saturated rings. The molecule has 2 N–H and O–H groups in total. The Balaban J connectivity index is 1.47. The van der Waals surface area contributed by atoms with Crippen LogP contribution in [-0.4, -0.2) is 32.6 Å². The summed E-state index contributed by atoms with van der Waals surface area (Å²) in [6.45, 7) is 2.60. The molecule has 0 aliphatic carbocycles. The van der Waals surface area contributed by atoms with Crippen LogP contribution in [0.25, 0.3) is 16.7 Å². The molecule has 7 nitrogen and oxygen atoms in total. The van der Waals surface area contributed by atoms with Gasteiger partial charge in [-0.3, -0.25) is 10.1 Å². The molecule has 0 aliphatic heterocycles. The van der Waals surface area contributed by atoms with E-state index >= 15 is 0 Å². The summed E-state index contributed by atoms with van der Waals surface area (Å²) < 4.78 is 5.58. The normalized spacial score (nSPS) is 10.7. The monoisotopic (exact) mass is 465 g/mol. The van der Waals surface area contributed by atoms with Crippen molar-refractivity contribution in [1.29, 1.82) is 0 Å². The number of nitrogens with one attached hydrogen (secondary N) is 2. The number of hydrogen-bond donors (Lipinski definition) is 2. The number of anilines is 1.